The number of ether oxygens (including phenoxy) is 1. The van der Waals surface area contributed by atoms with Crippen LogP contribution in [-0.2, 0) is 11.2 Å². The molecule has 2 N–H and O–H groups in total. The van der Waals surface area contributed by atoms with Crippen LogP contribution in [0.2, 0.25) is 0 Å². The molecule has 1 heterocycles. The molecule has 0 saturated carbocycles. The van der Waals surface area contributed by atoms with Gasteiger partial charge < -0.3 is 10.5 Å². The molecular formula is C15H24N2O. The lowest BCUT2D eigenvalue weighted by atomic mass is 9.98. The molecule has 0 spiro atoms. The Hall–Kier alpha value is -0.900. The maximum atomic E-state index is 6.36. The Morgan fingerprint density at radius 1 is 1.44 bits per heavy atom. The lowest BCUT2D eigenvalue weighted by Gasteiger charge is -2.35. The number of morpholine rings is 1. The van der Waals surface area contributed by atoms with Crippen molar-refractivity contribution in [2.45, 2.75) is 32.4 Å². The van der Waals surface area contributed by atoms with Crippen molar-refractivity contribution >= 4 is 0 Å². The van der Waals surface area contributed by atoms with E-state index in [0.717, 1.165) is 32.7 Å². The summed E-state index contributed by atoms with van der Waals surface area (Å²) < 4.78 is 5.83. The predicted octanol–water partition coefficient (Wildman–Crippen LogP) is 1.97. The van der Waals surface area contributed by atoms with Gasteiger partial charge >= 0.3 is 0 Å². The van der Waals surface area contributed by atoms with E-state index in [-0.39, 0.29) is 12.1 Å². The number of rotatable bonds is 4. The number of benzene rings is 1. The lowest BCUT2D eigenvalue weighted by Crippen LogP contribution is -2.46. The van der Waals surface area contributed by atoms with Gasteiger partial charge in [0.2, 0.25) is 0 Å². The molecule has 2 atom stereocenters. The third-order valence-corrected chi connectivity index (χ3v) is 3.77. The molecule has 3 nitrogen and oxygen atoms in total. The van der Waals surface area contributed by atoms with Crippen molar-refractivity contribution < 1.29 is 4.74 Å². The van der Waals surface area contributed by atoms with Crippen LogP contribution < -0.4 is 5.73 Å². The van der Waals surface area contributed by atoms with Gasteiger partial charge in [-0.3, -0.25) is 4.90 Å². The molecule has 1 aliphatic heterocycles. The average Bonchev–Trinajstić information content (AvgIpc) is 2.46. The van der Waals surface area contributed by atoms with Gasteiger partial charge in [0.15, 0.2) is 0 Å². The van der Waals surface area contributed by atoms with Gasteiger partial charge in [-0.05, 0) is 24.1 Å². The van der Waals surface area contributed by atoms with Crippen molar-refractivity contribution in [3.05, 3.63) is 35.4 Å². The van der Waals surface area contributed by atoms with Gasteiger partial charge in [0.25, 0.3) is 0 Å². The Kier molecular flexibility index (Phi) is 4.75. The van der Waals surface area contributed by atoms with E-state index in [1.165, 1.54) is 11.1 Å². The molecule has 1 aromatic rings. The van der Waals surface area contributed by atoms with Crippen LogP contribution in [0.5, 0.6) is 0 Å². The van der Waals surface area contributed by atoms with Crippen LogP contribution in [0.3, 0.4) is 0 Å². The largest absolute Gasteiger partial charge is 0.374 e. The third kappa shape index (κ3) is 3.10. The molecule has 1 fully saturated rings. The van der Waals surface area contributed by atoms with Crippen molar-refractivity contribution in [2.24, 2.45) is 5.73 Å². The Labute approximate surface area is 110 Å². The highest BCUT2D eigenvalue weighted by Crippen LogP contribution is 2.21. The van der Waals surface area contributed by atoms with Gasteiger partial charge in [-0.2, -0.15) is 0 Å². The van der Waals surface area contributed by atoms with E-state index in [4.69, 9.17) is 10.5 Å². The summed E-state index contributed by atoms with van der Waals surface area (Å²) in [4.78, 5) is 2.40. The van der Waals surface area contributed by atoms with Gasteiger partial charge in [-0.15, -0.1) is 0 Å². The van der Waals surface area contributed by atoms with E-state index in [1.54, 1.807) is 0 Å². The normalized spacial score (nSPS) is 22.9. The van der Waals surface area contributed by atoms with Gasteiger partial charge in [0.05, 0.1) is 18.8 Å². The van der Waals surface area contributed by atoms with E-state index < -0.39 is 0 Å². The summed E-state index contributed by atoms with van der Waals surface area (Å²) in [6.45, 7) is 8.18. The number of nitrogens with two attached hydrogens (primary N) is 1. The zero-order valence-electron chi connectivity index (χ0n) is 11.4. The molecule has 18 heavy (non-hydrogen) atoms. The number of likely N-dealkylation sites (N-methyl/N-ethyl adjacent to an activating group) is 1. The van der Waals surface area contributed by atoms with Crippen molar-refractivity contribution in [3.8, 4) is 0 Å². The van der Waals surface area contributed by atoms with Gasteiger partial charge in [-0.25, -0.2) is 0 Å². The third-order valence-electron chi connectivity index (χ3n) is 3.77. The maximum absolute atomic E-state index is 6.36. The van der Waals surface area contributed by atoms with Crippen LogP contribution in [0.15, 0.2) is 24.3 Å². The fourth-order valence-electron chi connectivity index (χ4n) is 2.47. The minimum absolute atomic E-state index is 0.0224. The van der Waals surface area contributed by atoms with Crippen molar-refractivity contribution in [1.82, 2.24) is 4.90 Å². The molecule has 3 heteroatoms. The first kappa shape index (κ1) is 13.5. The molecule has 1 saturated heterocycles. The van der Waals surface area contributed by atoms with Crippen molar-refractivity contribution in [1.29, 1.82) is 0 Å². The summed E-state index contributed by atoms with van der Waals surface area (Å²) in [5.74, 6) is 0. The Balaban J connectivity index is 2.07. The fourth-order valence-corrected chi connectivity index (χ4v) is 2.47. The number of aryl methyl sites for hydroxylation is 1. The molecule has 1 aromatic carbocycles. The molecule has 2 unspecified atom stereocenters. The highest BCUT2D eigenvalue weighted by atomic mass is 16.5. The summed E-state index contributed by atoms with van der Waals surface area (Å²) in [6, 6.07) is 8.53. The minimum Gasteiger partial charge on any atom is -0.374 e. The van der Waals surface area contributed by atoms with Gasteiger partial charge in [0.1, 0.15) is 0 Å². The summed E-state index contributed by atoms with van der Waals surface area (Å²) >= 11 is 0. The minimum atomic E-state index is -0.0224. The number of hydrogen-bond acceptors (Lipinski definition) is 3. The molecule has 0 bridgehead atoms. The van der Waals surface area contributed by atoms with Crippen LogP contribution in [0.25, 0.3) is 0 Å². The quantitative estimate of drug-likeness (QED) is 0.885. The molecule has 2 rings (SSSR count). The Morgan fingerprint density at radius 3 is 3.00 bits per heavy atom. The zero-order valence-corrected chi connectivity index (χ0v) is 11.4. The molecule has 0 aliphatic carbocycles. The standard InChI is InChI=1S/C15H24N2O/c1-3-12-6-5-7-13(10-12)15(16)14-11-17(4-2)8-9-18-14/h5-7,10,14-15H,3-4,8-9,11,16H2,1-2H3. The van der Waals surface area contributed by atoms with E-state index in [1.807, 2.05) is 0 Å². The lowest BCUT2D eigenvalue weighted by molar-refractivity contribution is -0.0392. The maximum Gasteiger partial charge on any atom is 0.0894 e. The average molecular weight is 248 g/mol. The second-order valence-corrected chi connectivity index (χ2v) is 4.93. The second kappa shape index (κ2) is 6.32. The smallest absolute Gasteiger partial charge is 0.0894 e. The first-order valence-corrected chi connectivity index (χ1v) is 6.93. The van der Waals surface area contributed by atoms with E-state index in [9.17, 15) is 0 Å². The molecular weight excluding hydrogens is 224 g/mol. The molecule has 0 aromatic heterocycles. The van der Waals surface area contributed by atoms with Gasteiger partial charge in [-0.1, -0.05) is 38.1 Å². The molecule has 100 valence electrons. The Bertz CT molecular complexity index is 381. The molecule has 0 radical (unpaired) electrons. The van der Waals surface area contributed by atoms with E-state index in [2.05, 4.69) is 43.0 Å². The predicted molar refractivity (Wildman–Crippen MR) is 74.6 cm³/mol. The van der Waals surface area contributed by atoms with E-state index in [0.29, 0.717) is 0 Å². The fraction of sp³-hybridized carbons (Fsp3) is 0.600. The van der Waals surface area contributed by atoms with Crippen molar-refractivity contribution in [3.63, 3.8) is 0 Å². The summed E-state index contributed by atoms with van der Waals surface area (Å²) in [5, 5.41) is 0. The van der Waals surface area contributed by atoms with Crippen LogP contribution in [0.1, 0.15) is 31.0 Å². The summed E-state index contributed by atoms with van der Waals surface area (Å²) in [7, 11) is 0. The first-order valence-electron chi connectivity index (χ1n) is 6.93. The van der Waals surface area contributed by atoms with Crippen LogP contribution in [-0.4, -0.2) is 37.2 Å². The zero-order chi connectivity index (χ0) is 13.0. The molecule has 1 aliphatic rings. The topological polar surface area (TPSA) is 38.5 Å². The Morgan fingerprint density at radius 2 is 2.28 bits per heavy atom. The second-order valence-electron chi connectivity index (χ2n) is 4.93. The summed E-state index contributed by atoms with van der Waals surface area (Å²) in [6.07, 6.45) is 1.17. The molecule has 0 amide bonds. The number of nitrogens with zero attached hydrogens (tertiary/aromatic N) is 1. The highest BCUT2D eigenvalue weighted by Gasteiger charge is 2.26. The van der Waals surface area contributed by atoms with Gasteiger partial charge in [0, 0.05) is 13.1 Å². The van der Waals surface area contributed by atoms with Crippen LogP contribution >= 0.6 is 0 Å². The number of hydrogen-bond donors (Lipinski definition) is 1. The highest BCUT2D eigenvalue weighted by molar-refractivity contribution is 5.26. The summed E-state index contributed by atoms with van der Waals surface area (Å²) in [5.41, 5.74) is 8.89. The van der Waals surface area contributed by atoms with E-state index >= 15 is 0 Å². The SMILES string of the molecule is CCc1cccc(C(N)C2CN(CC)CCO2)c1. The van der Waals surface area contributed by atoms with Crippen LogP contribution in [0, 0.1) is 0 Å². The van der Waals surface area contributed by atoms with Crippen molar-refractivity contribution in [2.75, 3.05) is 26.2 Å². The monoisotopic (exact) mass is 248 g/mol. The van der Waals surface area contributed by atoms with Crippen LogP contribution in [0.4, 0.5) is 0 Å². The first-order chi connectivity index (χ1) is 8.74.